The van der Waals surface area contributed by atoms with Crippen molar-refractivity contribution in [3.63, 3.8) is 0 Å². The minimum Gasteiger partial charge on any atom is -0.366 e. The van der Waals surface area contributed by atoms with Crippen molar-refractivity contribution < 1.29 is 4.79 Å². The van der Waals surface area contributed by atoms with Crippen LogP contribution in [0.15, 0.2) is 30.3 Å². The summed E-state index contributed by atoms with van der Waals surface area (Å²) in [6.45, 7) is 3.82. The number of nitrogens with one attached hydrogen (secondary N) is 1. The third-order valence-electron chi connectivity index (χ3n) is 6.00. The Kier molecular flexibility index (Phi) is 5.47. The van der Waals surface area contributed by atoms with E-state index in [1.807, 2.05) is 32.0 Å². The van der Waals surface area contributed by atoms with Gasteiger partial charge in [0.05, 0.1) is 12.5 Å². The van der Waals surface area contributed by atoms with Crippen molar-refractivity contribution in [2.24, 2.45) is 5.92 Å². The molecule has 0 aliphatic heterocycles. The van der Waals surface area contributed by atoms with Crippen LogP contribution in [0.25, 0.3) is 5.78 Å². The zero-order valence-electron chi connectivity index (χ0n) is 17.1. The van der Waals surface area contributed by atoms with E-state index in [4.69, 9.17) is 5.73 Å². The normalized spacial score (nSPS) is 16.1. The predicted molar refractivity (Wildman–Crippen MR) is 112 cm³/mol. The first kappa shape index (κ1) is 19.4. The number of aromatic nitrogens is 4. The first-order valence-corrected chi connectivity index (χ1v) is 10.4. The molecule has 1 fully saturated rings. The molecule has 0 radical (unpaired) electrons. The molecule has 152 valence electrons. The van der Waals surface area contributed by atoms with Crippen molar-refractivity contribution in [2.75, 3.05) is 5.73 Å². The Hall–Kier alpha value is -2.96. The largest absolute Gasteiger partial charge is 0.366 e. The number of nitrogens with two attached hydrogens (primary N) is 1. The molecule has 4 rings (SSSR count). The van der Waals surface area contributed by atoms with Gasteiger partial charge in [0, 0.05) is 17.0 Å². The second-order valence-corrected chi connectivity index (χ2v) is 7.97. The second-order valence-electron chi connectivity index (χ2n) is 7.97. The van der Waals surface area contributed by atoms with Crippen molar-refractivity contribution in [3.05, 3.63) is 52.8 Å². The topological polar surface area (TPSA) is 98.2 Å². The average Bonchev–Trinajstić information content (AvgIpc) is 3.11. The Bertz CT molecular complexity index is 1010. The molecule has 1 saturated carbocycles. The number of fused-ring (bicyclic) bond motifs is 1. The van der Waals surface area contributed by atoms with Crippen LogP contribution in [-0.2, 0) is 11.2 Å². The summed E-state index contributed by atoms with van der Waals surface area (Å²) in [5.74, 6) is 1.13. The molecule has 1 atom stereocenters. The third kappa shape index (κ3) is 4.09. The Morgan fingerprint density at radius 1 is 1.17 bits per heavy atom. The fourth-order valence-corrected chi connectivity index (χ4v) is 4.47. The van der Waals surface area contributed by atoms with E-state index in [1.54, 1.807) is 4.52 Å². The van der Waals surface area contributed by atoms with Gasteiger partial charge in [0.25, 0.3) is 5.78 Å². The van der Waals surface area contributed by atoms with E-state index in [1.165, 1.54) is 24.8 Å². The van der Waals surface area contributed by atoms with Crippen LogP contribution >= 0.6 is 0 Å². The van der Waals surface area contributed by atoms with Gasteiger partial charge < -0.3 is 11.1 Å². The van der Waals surface area contributed by atoms with E-state index >= 15 is 0 Å². The summed E-state index contributed by atoms with van der Waals surface area (Å²) in [5.41, 5.74) is 9.39. The molecule has 3 aromatic rings. The summed E-state index contributed by atoms with van der Waals surface area (Å²) >= 11 is 0. The number of rotatable bonds is 5. The summed E-state index contributed by atoms with van der Waals surface area (Å²) < 4.78 is 1.61. The smallest absolute Gasteiger partial charge is 0.254 e. The van der Waals surface area contributed by atoms with Crippen molar-refractivity contribution in [3.8, 4) is 0 Å². The number of carbonyl (C=O) groups excluding carboxylic acids is 1. The summed E-state index contributed by atoms with van der Waals surface area (Å²) in [4.78, 5) is 21.7. The lowest BCUT2D eigenvalue weighted by atomic mass is 9.81. The number of aryl methyl sites for hydroxylation is 2. The Morgan fingerprint density at radius 3 is 2.62 bits per heavy atom. The van der Waals surface area contributed by atoms with Gasteiger partial charge in [-0.3, -0.25) is 4.79 Å². The molecule has 1 amide bonds. The number of benzene rings is 1. The highest BCUT2D eigenvalue weighted by Gasteiger charge is 2.27. The number of hydrogen-bond acceptors (Lipinski definition) is 5. The van der Waals surface area contributed by atoms with Crippen LogP contribution in [0.2, 0.25) is 0 Å². The van der Waals surface area contributed by atoms with Gasteiger partial charge in [-0.15, -0.1) is 5.10 Å². The number of nitrogen functional groups attached to an aromatic ring is 1. The molecule has 0 saturated heterocycles. The molecule has 7 nitrogen and oxygen atoms in total. The number of hydrogen-bond donors (Lipinski definition) is 2. The first-order chi connectivity index (χ1) is 14.0. The molecule has 29 heavy (non-hydrogen) atoms. The van der Waals surface area contributed by atoms with E-state index in [9.17, 15) is 4.79 Å². The average molecular weight is 393 g/mol. The molecule has 2 aromatic heterocycles. The number of amides is 1. The highest BCUT2D eigenvalue weighted by molar-refractivity contribution is 5.79. The number of nitrogens with zero attached hydrogens (tertiary/aromatic N) is 4. The van der Waals surface area contributed by atoms with Crippen LogP contribution in [0.4, 0.5) is 5.95 Å². The lowest BCUT2D eigenvalue weighted by Crippen LogP contribution is -2.35. The molecule has 1 aliphatic rings. The number of carbonyl (C=O) groups is 1. The van der Waals surface area contributed by atoms with Gasteiger partial charge in [-0.25, -0.2) is 4.98 Å². The maximum absolute atomic E-state index is 13.1. The van der Waals surface area contributed by atoms with Crippen LogP contribution in [0.3, 0.4) is 0 Å². The van der Waals surface area contributed by atoms with Crippen LogP contribution < -0.4 is 11.1 Å². The zero-order chi connectivity index (χ0) is 20.4. The Morgan fingerprint density at radius 2 is 1.90 bits per heavy atom. The van der Waals surface area contributed by atoms with Crippen LogP contribution in [-0.4, -0.2) is 25.5 Å². The fraction of sp³-hybridized carbons (Fsp3) is 0.455. The van der Waals surface area contributed by atoms with Crippen molar-refractivity contribution in [2.45, 2.75) is 58.4 Å². The first-order valence-electron chi connectivity index (χ1n) is 10.4. The molecule has 1 aliphatic carbocycles. The van der Waals surface area contributed by atoms with Crippen LogP contribution in [0.5, 0.6) is 0 Å². The number of anilines is 1. The highest BCUT2D eigenvalue weighted by Crippen LogP contribution is 2.34. The lowest BCUT2D eigenvalue weighted by Gasteiger charge is -2.31. The van der Waals surface area contributed by atoms with Gasteiger partial charge in [0.2, 0.25) is 11.9 Å². The second kappa shape index (κ2) is 8.19. The van der Waals surface area contributed by atoms with Crippen LogP contribution in [0.1, 0.15) is 60.7 Å². The van der Waals surface area contributed by atoms with Gasteiger partial charge in [0.15, 0.2) is 0 Å². The summed E-state index contributed by atoms with van der Waals surface area (Å²) in [6, 6.07) is 10.4. The van der Waals surface area contributed by atoms with Gasteiger partial charge in [-0.05, 0) is 38.2 Å². The molecule has 1 unspecified atom stereocenters. The molecule has 1 aromatic carbocycles. The Balaban J connectivity index is 1.57. The maximum Gasteiger partial charge on any atom is 0.254 e. The van der Waals surface area contributed by atoms with E-state index in [2.05, 4.69) is 32.5 Å². The van der Waals surface area contributed by atoms with Crippen molar-refractivity contribution >= 4 is 17.6 Å². The zero-order valence-corrected chi connectivity index (χ0v) is 17.1. The SMILES string of the molecule is Cc1nc2nc(N)nn2c(C)c1CC(=O)NC(c1ccccc1)C1CCCCC1. The van der Waals surface area contributed by atoms with Crippen molar-refractivity contribution in [1.29, 1.82) is 0 Å². The fourth-order valence-electron chi connectivity index (χ4n) is 4.47. The Labute approximate surface area is 170 Å². The third-order valence-corrected chi connectivity index (χ3v) is 6.00. The molecule has 0 spiro atoms. The van der Waals surface area contributed by atoms with Crippen molar-refractivity contribution in [1.82, 2.24) is 24.9 Å². The molecular weight excluding hydrogens is 364 g/mol. The summed E-state index contributed by atoms with van der Waals surface area (Å²) in [6.07, 6.45) is 6.33. The monoisotopic (exact) mass is 392 g/mol. The predicted octanol–water partition coefficient (Wildman–Crippen LogP) is 3.30. The minimum atomic E-state index is 0.00450. The molecule has 3 N–H and O–H groups in total. The van der Waals surface area contributed by atoms with Gasteiger partial charge >= 0.3 is 0 Å². The van der Waals surface area contributed by atoms with Gasteiger partial charge in [0.1, 0.15) is 0 Å². The van der Waals surface area contributed by atoms with Crippen LogP contribution in [0, 0.1) is 19.8 Å². The van der Waals surface area contributed by atoms with E-state index in [0.717, 1.165) is 29.8 Å². The van der Waals surface area contributed by atoms with Gasteiger partial charge in [-0.1, -0.05) is 49.6 Å². The molecule has 0 bridgehead atoms. The molecular formula is C22H28N6O. The summed E-state index contributed by atoms with van der Waals surface area (Å²) in [5, 5.41) is 7.52. The van der Waals surface area contributed by atoms with E-state index in [-0.39, 0.29) is 24.3 Å². The van der Waals surface area contributed by atoms with E-state index < -0.39 is 0 Å². The maximum atomic E-state index is 13.1. The molecule has 2 heterocycles. The van der Waals surface area contributed by atoms with E-state index in [0.29, 0.717) is 11.7 Å². The minimum absolute atomic E-state index is 0.00450. The quantitative estimate of drug-likeness (QED) is 0.694. The van der Waals surface area contributed by atoms with Gasteiger partial charge in [-0.2, -0.15) is 9.50 Å². The summed E-state index contributed by atoms with van der Waals surface area (Å²) in [7, 11) is 0. The standard InChI is InChI=1S/C22H28N6O/c1-14-18(15(2)28-22(24-14)26-21(23)27-28)13-19(29)25-20(16-9-5-3-6-10-16)17-11-7-4-8-12-17/h3,5-6,9-10,17,20H,4,7-8,11-13H2,1-2H3,(H2,23,27)(H,25,29). The molecule has 7 heteroatoms. The highest BCUT2D eigenvalue weighted by atomic mass is 16.1. The lowest BCUT2D eigenvalue weighted by molar-refractivity contribution is -0.121.